The van der Waals surface area contributed by atoms with Crippen molar-refractivity contribution in [3.63, 3.8) is 0 Å². The molecule has 104 valence electrons. The Balaban J connectivity index is 1.69. The van der Waals surface area contributed by atoms with Gasteiger partial charge in [0.1, 0.15) is 5.75 Å². The fourth-order valence-electron chi connectivity index (χ4n) is 3.45. The molecule has 2 heteroatoms. The first-order valence-corrected chi connectivity index (χ1v) is 7.62. The van der Waals surface area contributed by atoms with Gasteiger partial charge in [0.2, 0.25) is 0 Å². The number of ether oxygens (including phenoxy) is 1. The Kier molecular flexibility index (Phi) is 3.53. The highest BCUT2D eigenvalue weighted by Gasteiger charge is 2.29. The topological polar surface area (TPSA) is 21.3 Å². The summed E-state index contributed by atoms with van der Waals surface area (Å²) >= 11 is 0. The minimum absolute atomic E-state index is 0.406. The van der Waals surface area contributed by atoms with Gasteiger partial charge in [-0.25, -0.2) is 0 Å². The van der Waals surface area contributed by atoms with Crippen molar-refractivity contribution in [1.82, 2.24) is 5.32 Å². The molecule has 1 N–H and O–H groups in total. The van der Waals surface area contributed by atoms with E-state index in [0.717, 1.165) is 25.3 Å². The number of rotatable bonds is 2. The van der Waals surface area contributed by atoms with E-state index in [0.29, 0.717) is 11.5 Å². The molecule has 2 nitrogen and oxygen atoms in total. The maximum absolute atomic E-state index is 6.24. The Hall–Kier alpha value is -1.02. The lowest BCUT2D eigenvalue weighted by atomic mass is 9.76. The van der Waals surface area contributed by atoms with Crippen molar-refractivity contribution in [3.8, 4) is 5.75 Å². The second-order valence-electron chi connectivity index (χ2n) is 6.86. The third-order valence-corrected chi connectivity index (χ3v) is 4.53. The molecule has 1 heterocycles. The summed E-state index contributed by atoms with van der Waals surface area (Å²) in [4.78, 5) is 0. The van der Waals surface area contributed by atoms with Crippen LogP contribution in [0, 0.1) is 5.41 Å². The van der Waals surface area contributed by atoms with Crippen LogP contribution in [0.15, 0.2) is 18.2 Å². The minimum atomic E-state index is 0.406. The molecule has 0 amide bonds. The zero-order valence-electron chi connectivity index (χ0n) is 12.2. The normalized spacial score (nSPS) is 25.7. The first kappa shape index (κ1) is 13.0. The maximum atomic E-state index is 6.24. The van der Waals surface area contributed by atoms with Crippen LogP contribution < -0.4 is 10.1 Å². The van der Waals surface area contributed by atoms with Crippen LogP contribution in [0.2, 0.25) is 0 Å². The van der Waals surface area contributed by atoms with Crippen molar-refractivity contribution in [2.24, 2.45) is 5.41 Å². The molecule has 1 aliphatic heterocycles. The average molecular weight is 259 g/mol. The number of hydrogen-bond donors (Lipinski definition) is 1. The van der Waals surface area contributed by atoms with Gasteiger partial charge in [0, 0.05) is 6.54 Å². The quantitative estimate of drug-likeness (QED) is 0.875. The van der Waals surface area contributed by atoms with Gasteiger partial charge in [0.25, 0.3) is 0 Å². The third-order valence-electron chi connectivity index (χ3n) is 4.53. The number of fused-ring (bicyclic) bond motifs is 1. The second-order valence-corrected chi connectivity index (χ2v) is 6.86. The molecular weight excluding hydrogens is 234 g/mol. The molecule has 1 aromatic rings. The SMILES string of the molecule is CC1(C)CCCC(Oc2ccc3c(c2)CCNC3)C1. The van der Waals surface area contributed by atoms with Crippen LogP contribution in [-0.2, 0) is 13.0 Å². The van der Waals surface area contributed by atoms with Crippen molar-refractivity contribution in [2.45, 2.75) is 58.6 Å². The van der Waals surface area contributed by atoms with Gasteiger partial charge in [0.05, 0.1) is 6.10 Å². The van der Waals surface area contributed by atoms with Crippen molar-refractivity contribution in [1.29, 1.82) is 0 Å². The molecule has 0 spiro atoms. The van der Waals surface area contributed by atoms with E-state index in [1.54, 1.807) is 0 Å². The van der Waals surface area contributed by atoms with E-state index < -0.39 is 0 Å². The summed E-state index contributed by atoms with van der Waals surface area (Å²) in [6.07, 6.45) is 6.56. The van der Waals surface area contributed by atoms with Crippen molar-refractivity contribution < 1.29 is 4.74 Å². The zero-order valence-corrected chi connectivity index (χ0v) is 12.2. The standard InChI is InChI=1S/C17H25NO/c1-17(2)8-3-4-16(11-17)19-15-6-5-14-12-18-9-7-13(14)10-15/h5-6,10,16,18H,3-4,7-9,11-12H2,1-2H3. The van der Waals surface area contributed by atoms with Crippen LogP contribution in [0.1, 0.15) is 50.7 Å². The minimum Gasteiger partial charge on any atom is -0.490 e. The molecule has 1 aliphatic carbocycles. The van der Waals surface area contributed by atoms with Crippen LogP contribution in [0.5, 0.6) is 5.75 Å². The predicted octanol–water partition coefficient (Wildman–Crippen LogP) is 3.68. The van der Waals surface area contributed by atoms with Crippen LogP contribution in [0.3, 0.4) is 0 Å². The van der Waals surface area contributed by atoms with E-state index in [1.165, 1.54) is 36.8 Å². The highest BCUT2D eigenvalue weighted by Crippen LogP contribution is 2.37. The maximum Gasteiger partial charge on any atom is 0.120 e. The molecule has 2 aliphatic rings. The van der Waals surface area contributed by atoms with Gasteiger partial charge >= 0.3 is 0 Å². The number of nitrogens with one attached hydrogen (secondary N) is 1. The Bertz CT molecular complexity index is 453. The monoisotopic (exact) mass is 259 g/mol. The molecule has 0 bridgehead atoms. The average Bonchev–Trinajstić information content (AvgIpc) is 2.37. The van der Waals surface area contributed by atoms with Crippen LogP contribution >= 0.6 is 0 Å². The fourth-order valence-corrected chi connectivity index (χ4v) is 3.45. The summed E-state index contributed by atoms with van der Waals surface area (Å²) in [6, 6.07) is 6.63. The Labute approximate surface area is 116 Å². The first-order chi connectivity index (χ1) is 9.12. The van der Waals surface area contributed by atoms with Gasteiger partial charge in [-0.15, -0.1) is 0 Å². The van der Waals surface area contributed by atoms with Crippen LogP contribution in [0.25, 0.3) is 0 Å². The van der Waals surface area contributed by atoms with Crippen LogP contribution in [0.4, 0.5) is 0 Å². The van der Waals surface area contributed by atoms with Gasteiger partial charge < -0.3 is 10.1 Å². The van der Waals surface area contributed by atoms with Gasteiger partial charge in [0.15, 0.2) is 0 Å². The molecule has 1 aromatic carbocycles. The van der Waals surface area contributed by atoms with E-state index in [4.69, 9.17) is 4.74 Å². The van der Waals surface area contributed by atoms with Crippen molar-refractivity contribution >= 4 is 0 Å². The highest BCUT2D eigenvalue weighted by molar-refractivity contribution is 5.37. The summed E-state index contributed by atoms with van der Waals surface area (Å²) < 4.78 is 6.24. The van der Waals surface area contributed by atoms with Gasteiger partial charge in [-0.2, -0.15) is 0 Å². The largest absolute Gasteiger partial charge is 0.490 e. The Morgan fingerprint density at radius 1 is 1.26 bits per heavy atom. The summed E-state index contributed by atoms with van der Waals surface area (Å²) in [5.74, 6) is 1.07. The molecule has 0 aromatic heterocycles. The smallest absolute Gasteiger partial charge is 0.120 e. The molecule has 19 heavy (non-hydrogen) atoms. The van der Waals surface area contributed by atoms with Gasteiger partial charge in [-0.3, -0.25) is 0 Å². The molecule has 1 saturated carbocycles. The molecule has 0 radical (unpaired) electrons. The first-order valence-electron chi connectivity index (χ1n) is 7.62. The molecule has 3 rings (SSSR count). The molecular formula is C17H25NO. The lowest BCUT2D eigenvalue weighted by Crippen LogP contribution is -2.30. The molecule has 1 unspecified atom stereocenters. The molecule has 0 saturated heterocycles. The predicted molar refractivity (Wildman–Crippen MR) is 78.5 cm³/mol. The summed E-state index contributed by atoms with van der Waals surface area (Å²) in [6.45, 7) is 6.82. The van der Waals surface area contributed by atoms with Gasteiger partial charge in [-0.05, 0) is 67.3 Å². The lowest BCUT2D eigenvalue weighted by molar-refractivity contribution is 0.0850. The summed E-state index contributed by atoms with van der Waals surface area (Å²) in [5, 5.41) is 3.41. The Morgan fingerprint density at radius 3 is 3.00 bits per heavy atom. The highest BCUT2D eigenvalue weighted by atomic mass is 16.5. The van der Waals surface area contributed by atoms with E-state index in [-0.39, 0.29) is 0 Å². The van der Waals surface area contributed by atoms with Crippen LogP contribution in [-0.4, -0.2) is 12.6 Å². The van der Waals surface area contributed by atoms with E-state index in [1.807, 2.05) is 0 Å². The molecule has 1 fully saturated rings. The Morgan fingerprint density at radius 2 is 2.16 bits per heavy atom. The third kappa shape index (κ3) is 3.11. The lowest BCUT2D eigenvalue weighted by Gasteiger charge is -2.35. The van der Waals surface area contributed by atoms with Gasteiger partial charge in [-0.1, -0.05) is 19.9 Å². The number of hydrogen-bond acceptors (Lipinski definition) is 2. The second kappa shape index (κ2) is 5.16. The van der Waals surface area contributed by atoms with E-state index in [9.17, 15) is 0 Å². The molecule has 1 atom stereocenters. The number of benzene rings is 1. The summed E-state index contributed by atoms with van der Waals surface area (Å²) in [5.41, 5.74) is 3.34. The zero-order chi connectivity index (χ0) is 13.3. The van der Waals surface area contributed by atoms with Crippen molar-refractivity contribution in [3.05, 3.63) is 29.3 Å². The van der Waals surface area contributed by atoms with E-state index >= 15 is 0 Å². The van der Waals surface area contributed by atoms with E-state index in [2.05, 4.69) is 37.4 Å². The fraction of sp³-hybridized carbons (Fsp3) is 0.647. The van der Waals surface area contributed by atoms with Crippen molar-refractivity contribution in [2.75, 3.05) is 6.54 Å². The summed E-state index contributed by atoms with van der Waals surface area (Å²) in [7, 11) is 0.